The fourth-order valence-corrected chi connectivity index (χ4v) is 5.12. The van der Waals surface area contributed by atoms with E-state index in [1.807, 2.05) is 54.7 Å². The maximum Gasteiger partial charge on any atom is 0.131 e. The number of halogens is 1. The molecule has 1 atom stereocenters. The zero-order valence-corrected chi connectivity index (χ0v) is 22.5. The van der Waals surface area contributed by atoms with Gasteiger partial charge in [-0.25, -0.2) is 4.39 Å². The number of methoxy groups -OCH3 is 1. The molecule has 0 bridgehead atoms. The summed E-state index contributed by atoms with van der Waals surface area (Å²) in [7, 11) is 1.56. The van der Waals surface area contributed by atoms with Crippen LogP contribution in [0.3, 0.4) is 0 Å². The highest BCUT2D eigenvalue weighted by Crippen LogP contribution is 2.29. The molecule has 39 heavy (non-hydrogen) atoms. The minimum atomic E-state index is -0.252. The molecule has 1 unspecified atom stereocenters. The van der Waals surface area contributed by atoms with E-state index in [1.54, 1.807) is 7.11 Å². The van der Waals surface area contributed by atoms with Crippen LogP contribution >= 0.6 is 0 Å². The molecular formula is C34H35FN2O2. The van der Waals surface area contributed by atoms with E-state index >= 15 is 4.39 Å². The Hall–Kier alpha value is -4.09. The molecule has 0 aliphatic rings. The summed E-state index contributed by atoms with van der Waals surface area (Å²) in [6.07, 6.45) is 2.73. The van der Waals surface area contributed by atoms with E-state index in [0.29, 0.717) is 24.5 Å². The first kappa shape index (κ1) is 26.5. The average Bonchev–Trinajstić information content (AvgIpc) is 3.47. The van der Waals surface area contributed by atoms with Crippen LogP contribution in [0.25, 0.3) is 10.9 Å². The molecule has 0 amide bonds. The predicted molar refractivity (Wildman–Crippen MR) is 156 cm³/mol. The Morgan fingerprint density at radius 1 is 0.846 bits per heavy atom. The zero-order valence-electron chi connectivity index (χ0n) is 22.5. The van der Waals surface area contributed by atoms with Gasteiger partial charge in [-0.15, -0.1) is 0 Å². The van der Waals surface area contributed by atoms with E-state index < -0.39 is 0 Å². The van der Waals surface area contributed by atoms with Crippen LogP contribution in [0.1, 0.15) is 36.0 Å². The molecule has 1 aromatic heterocycles. The number of aromatic amines is 1. The van der Waals surface area contributed by atoms with Crippen LogP contribution in [-0.4, -0.2) is 36.2 Å². The predicted octanol–water partition coefficient (Wildman–Crippen LogP) is 7.81. The highest BCUT2D eigenvalue weighted by molar-refractivity contribution is 5.85. The molecule has 5 aromatic rings. The van der Waals surface area contributed by atoms with Crippen molar-refractivity contribution >= 4 is 10.9 Å². The molecule has 4 aromatic carbocycles. The van der Waals surface area contributed by atoms with Gasteiger partial charge in [0.2, 0.25) is 0 Å². The second-order valence-electron chi connectivity index (χ2n) is 9.94. The molecule has 200 valence electrons. The molecule has 1 N–H and O–H groups in total. The number of aromatic nitrogens is 1. The molecule has 1 heterocycles. The van der Waals surface area contributed by atoms with Gasteiger partial charge in [0, 0.05) is 53.8 Å². The van der Waals surface area contributed by atoms with Crippen molar-refractivity contribution in [2.45, 2.75) is 31.8 Å². The van der Waals surface area contributed by atoms with Gasteiger partial charge >= 0.3 is 0 Å². The maximum atomic E-state index is 15.1. The molecule has 0 radical (unpaired) electrons. The molecule has 0 aliphatic carbocycles. The molecule has 0 aliphatic heterocycles. The van der Waals surface area contributed by atoms with Gasteiger partial charge < -0.3 is 14.5 Å². The maximum absolute atomic E-state index is 15.1. The molecule has 0 saturated carbocycles. The number of fused-ring (bicyclic) bond motifs is 1. The Morgan fingerprint density at radius 2 is 1.56 bits per heavy atom. The number of nitrogens with zero attached hydrogens (tertiary/aromatic N) is 1. The lowest BCUT2D eigenvalue weighted by Crippen LogP contribution is -2.37. The lowest BCUT2D eigenvalue weighted by Gasteiger charge is -2.33. The quantitative estimate of drug-likeness (QED) is 0.182. The SMILES string of the molecule is COc1ccc(CN(CC(c2ccccc2)c2ccccc2)C(C)CCOc2cccc3[nH]ccc23)c(F)c1. The highest BCUT2D eigenvalue weighted by atomic mass is 19.1. The fraction of sp³-hybridized carbons (Fsp3) is 0.235. The smallest absolute Gasteiger partial charge is 0.131 e. The Labute approximate surface area is 230 Å². The van der Waals surface area contributed by atoms with Crippen molar-refractivity contribution in [3.63, 3.8) is 0 Å². The fourth-order valence-electron chi connectivity index (χ4n) is 5.12. The van der Waals surface area contributed by atoms with Gasteiger partial charge in [-0.2, -0.15) is 0 Å². The first-order valence-electron chi connectivity index (χ1n) is 13.5. The van der Waals surface area contributed by atoms with Crippen molar-refractivity contribution < 1.29 is 13.9 Å². The van der Waals surface area contributed by atoms with Crippen molar-refractivity contribution in [2.75, 3.05) is 20.3 Å². The van der Waals surface area contributed by atoms with Crippen LogP contribution in [-0.2, 0) is 6.54 Å². The molecule has 0 saturated heterocycles. The van der Waals surface area contributed by atoms with Crippen molar-refractivity contribution in [3.05, 3.63) is 132 Å². The number of rotatable bonds is 12. The summed E-state index contributed by atoms with van der Waals surface area (Å²) in [4.78, 5) is 5.61. The van der Waals surface area contributed by atoms with Crippen LogP contribution in [0.4, 0.5) is 4.39 Å². The standard InChI is InChI=1S/C34H35FN2O2/c1-25(19-21-39-34-15-9-14-33-30(34)18-20-36-33)37(23-28-16-17-29(38-2)22-32(28)35)24-31(26-10-5-3-6-11-26)27-12-7-4-8-13-27/h3-18,20,22,25,31,36H,19,21,23-24H2,1-2H3. The largest absolute Gasteiger partial charge is 0.497 e. The Balaban J connectivity index is 1.38. The van der Waals surface area contributed by atoms with Crippen LogP contribution in [0.15, 0.2) is 109 Å². The van der Waals surface area contributed by atoms with Crippen molar-refractivity contribution in [3.8, 4) is 11.5 Å². The lowest BCUT2D eigenvalue weighted by atomic mass is 9.90. The zero-order chi connectivity index (χ0) is 27.0. The molecule has 5 heteroatoms. The first-order chi connectivity index (χ1) is 19.1. The van der Waals surface area contributed by atoms with E-state index in [-0.39, 0.29) is 17.8 Å². The third kappa shape index (κ3) is 6.50. The summed E-state index contributed by atoms with van der Waals surface area (Å²) >= 11 is 0. The van der Waals surface area contributed by atoms with E-state index in [2.05, 4.69) is 65.3 Å². The second-order valence-corrected chi connectivity index (χ2v) is 9.94. The van der Waals surface area contributed by atoms with Gasteiger partial charge in [-0.1, -0.05) is 72.8 Å². The van der Waals surface area contributed by atoms with E-state index in [9.17, 15) is 0 Å². The number of ether oxygens (including phenoxy) is 2. The lowest BCUT2D eigenvalue weighted by molar-refractivity contribution is 0.161. The van der Waals surface area contributed by atoms with Gasteiger partial charge in [-0.3, -0.25) is 4.90 Å². The van der Waals surface area contributed by atoms with Gasteiger partial charge in [0.1, 0.15) is 17.3 Å². The van der Waals surface area contributed by atoms with E-state index in [0.717, 1.165) is 29.6 Å². The summed E-state index contributed by atoms with van der Waals surface area (Å²) in [6, 6.07) is 34.5. The van der Waals surface area contributed by atoms with E-state index in [1.165, 1.54) is 17.2 Å². The molecule has 5 rings (SSSR count). The molecule has 4 nitrogen and oxygen atoms in total. The summed E-state index contributed by atoms with van der Waals surface area (Å²) in [5, 5.41) is 1.08. The van der Waals surface area contributed by atoms with Gasteiger partial charge in [0.05, 0.1) is 13.7 Å². The average molecular weight is 523 g/mol. The van der Waals surface area contributed by atoms with Crippen LogP contribution in [0.5, 0.6) is 11.5 Å². The molecule has 0 fully saturated rings. The summed E-state index contributed by atoms with van der Waals surface area (Å²) in [6.45, 7) is 4.00. The third-order valence-electron chi connectivity index (χ3n) is 7.43. The minimum Gasteiger partial charge on any atom is -0.497 e. The van der Waals surface area contributed by atoms with Crippen molar-refractivity contribution in [1.29, 1.82) is 0 Å². The van der Waals surface area contributed by atoms with E-state index in [4.69, 9.17) is 9.47 Å². The second kappa shape index (κ2) is 12.6. The van der Waals surface area contributed by atoms with Crippen molar-refractivity contribution in [1.82, 2.24) is 9.88 Å². The van der Waals surface area contributed by atoms with Gasteiger partial charge in [0.15, 0.2) is 0 Å². The van der Waals surface area contributed by atoms with Crippen molar-refractivity contribution in [2.24, 2.45) is 0 Å². The first-order valence-corrected chi connectivity index (χ1v) is 13.5. The normalized spacial score (nSPS) is 12.2. The highest BCUT2D eigenvalue weighted by Gasteiger charge is 2.23. The molecular weight excluding hydrogens is 487 g/mol. The van der Waals surface area contributed by atoms with Crippen LogP contribution in [0.2, 0.25) is 0 Å². The number of nitrogens with one attached hydrogen (secondary N) is 1. The van der Waals surface area contributed by atoms with Crippen LogP contribution < -0.4 is 9.47 Å². The number of H-pyrrole nitrogens is 1. The Bertz CT molecular complexity index is 1430. The molecule has 0 spiro atoms. The third-order valence-corrected chi connectivity index (χ3v) is 7.43. The number of hydrogen-bond donors (Lipinski definition) is 1. The van der Waals surface area contributed by atoms with Gasteiger partial charge in [-0.05, 0) is 48.7 Å². The topological polar surface area (TPSA) is 37.5 Å². The Kier molecular flexibility index (Phi) is 8.59. The number of benzene rings is 4. The summed E-state index contributed by atoms with van der Waals surface area (Å²) in [5.74, 6) is 1.29. The van der Waals surface area contributed by atoms with Crippen LogP contribution in [0, 0.1) is 5.82 Å². The number of hydrogen-bond acceptors (Lipinski definition) is 3. The Morgan fingerprint density at radius 3 is 2.23 bits per heavy atom. The minimum absolute atomic E-state index is 0.144. The summed E-state index contributed by atoms with van der Waals surface area (Å²) in [5.41, 5.74) is 4.20. The monoisotopic (exact) mass is 522 g/mol. The summed E-state index contributed by atoms with van der Waals surface area (Å²) < 4.78 is 26.6. The van der Waals surface area contributed by atoms with Gasteiger partial charge in [0.25, 0.3) is 0 Å².